The summed E-state index contributed by atoms with van der Waals surface area (Å²) < 4.78 is 5.45. The van der Waals surface area contributed by atoms with Crippen molar-refractivity contribution in [3.63, 3.8) is 0 Å². The molecule has 1 aromatic heterocycles. The van der Waals surface area contributed by atoms with Crippen molar-refractivity contribution in [2.24, 2.45) is 0 Å². The van der Waals surface area contributed by atoms with E-state index >= 15 is 0 Å². The molecule has 0 fully saturated rings. The highest BCUT2D eigenvalue weighted by atomic mass is 16.5. The number of aromatic nitrogens is 2. The van der Waals surface area contributed by atoms with Crippen molar-refractivity contribution < 1.29 is 14.6 Å². The molecule has 0 amide bonds. The summed E-state index contributed by atoms with van der Waals surface area (Å²) in [6.07, 6.45) is 2.66. The van der Waals surface area contributed by atoms with Crippen molar-refractivity contribution in [2.45, 2.75) is 6.92 Å². The second-order valence-electron chi connectivity index (χ2n) is 3.46. The first-order chi connectivity index (χ1) is 8.15. The van der Waals surface area contributed by atoms with E-state index in [2.05, 4.69) is 9.97 Å². The molecule has 5 nitrogen and oxygen atoms in total. The Kier molecular flexibility index (Phi) is 3.00. The fourth-order valence-electron chi connectivity index (χ4n) is 1.22. The van der Waals surface area contributed by atoms with E-state index in [1.807, 2.05) is 31.2 Å². The highest BCUT2D eigenvalue weighted by molar-refractivity contribution is 5.82. The third-order valence-electron chi connectivity index (χ3n) is 2.08. The number of carboxylic acids is 1. The van der Waals surface area contributed by atoms with Crippen LogP contribution in [0.3, 0.4) is 0 Å². The van der Waals surface area contributed by atoms with Gasteiger partial charge in [-0.15, -0.1) is 0 Å². The number of carbonyl (C=O) groups is 1. The van der Waals surface area contributed by atoms with Crippen LogP contribution < -0.4 is 4.74 Å². The number of nitrogens with zero attached hydrogens (tertiary/aromatic N) is 2. The third-order valence-corrected chi connectivity index (χ3v) is 2.08. The van der Waals surface area contributed by atoms with Gasteiger partial charge in [-0.1, -0.05) is 17.7 Å². The Morgan fingerprint density at radius 3 is 2.24 bits per heavy atom. The van der Waals surface area contributed by atoms with Crippen LogP contribution in [-0.4, -0.2) is 21.0 Å². The zero-order chi connectivity index (χ0) is 12.3. The molecule has 0 radical (unpaired) electrons. The van der Waals surface area contributed by atoms with Gasteiger partial charge in [0.25, 0.3) is 0 Å². The van der Waals surface area contributed by atoms with Gasteiger partial charge in [0, 0.05) is 0 Å². The lowest BCUT2D eigenvalue weighted by atomic mass is 10.2. The predicted molar refractivity (Wildman–Crippen MR) is 60.2 cm³/mol. The zero-order valence-electron chi connectivity index (χ0n) is 9.12. The summed E-state index contributed by atoms with van der Waals surface area (Å²) in [5.41, 5.74) is 1.13. The first-order valence-corrected chi connectivity index (χ1v) is 4.95. The first kappa shape index (κ1) is 11.1. The Labute approximate surface area is 97.7 Å². The molecule has 2 rings (SSSR count). The number of aryl methyl sites for hydroxylation is 1. The molecule has 2 aromatic rings. The minimum absolute atomic E-state index is 0.249. The van der Waals surface area contributed by atoms with Crippen molar-refractivity contribution in [1.82, 2.24) is 9.97 Å². The fourth-order valence-corrected chi connectivity index (χ4v) is 1.22. The number of hydrogen-bond acceptors (Lipinski definition) is 4. The lowest BCUT2D eigenvalue weighted by molar-refractivity contribution is 0.0683. The third kappa shape index (κ3) is 2.78. The van der Waals surface area contributed by atoms with Gasteiger partial charge in [0.2, 0.25) is 5.82 Å². The summed E-state index contributed by atoms with van der Waals surface area (Å²) in [6.45, 7) is 1.98. The lowest BCUT2D eigenvalue weighted by Gasteiger charge is -2.04. The number of ether oxygens (including phenoxy) is 1. The molecular formula is C12H10N2O3. The summed E-state index contributed by atoms with van der Waals surface area (Å²) in [6, 6.07) is 7.48. The molecule has 1 aromatic carbocycles. The maximum Gasteiger partial charge on any atom is 0.373 e. The van der Waals surface area contributed by atoms with E-state index in [0.717, 1.165) is 5.56 Å². The molecule has 0 saturated heterocycles. The van der Waals surface area contributed by atoms with Crippen molar-refractivity contribution in [3.8, 4) is 11.5 Å². The molecule has 0 aliphatic carbocycles. The average molecular weight is 230 g/mol. The van der Waals surface area contributed by atoms with E-state index in [1.165, 1.54) is 12.4 Å². The summed E-state index contributed by atoms with van der Waals surface area (Å²) in [5, 5.41) is 8.63. The van der Waals surface area contributed by atoms with Crippen LogP contribution in [0.2, 0.25) is 0 Å². The van der Waals surface area contributed by atoms with Crippen LogP contribution in [0.4, 0.5) is 0 Å². The van der Waals surface area contributed by atoms with Gasteiger partial charge < -0.3 is 9.84 Å². The van der Waals surface area contributed by atoms with Crippen molar-refractivity contribution >= 4 is 5.97 Å². The van der Waals surface area contributed by atoms with E-state index in [4.69, 9.17) is 9.84 Å². The molecule has 0 atom stereocenters. The summed E-state index contributed by atoms with van der Waals surface area (Å²) in [4.78, 5) is 17.9. The molecule has 0 bridgehead atoms. The van der Waals surface area contributed by atoms with Crippen LogP contribution in [0.15, 0.2) is 36.7 Å². The van der Waals surface area contributed by atoms with E-state index < -0.39 is 5.97 Å². The lowest BCUT2D eigenvalue weighted by Crippen LogP contribution is -2.03. The summed E-state index contributed by atoms with van der Waals surface area (Å²) in [7, 11) is 0. The Bertz CT molecular complexity index is 520. The second kappa shape index (κ2) is 4.61. The summed E-state index contributed by atoms with van der Waals surface area (Å²) >= 11 is 0. The minimum Gasteiger partial charge on any atom is -0.475 e. The maximum absolute atomic E-state index is 10.5. The number of carboxylic acid groups (broad SMARTS) is 1. The molecule has 0 aliphatic heterocycles. The number of rotatable bonds is 3. The van der Waals surface area contributed by atoms with Crippen molar-refractivity contribution in [3.05, 3.63) is 48.0 Å². The van der Waals surface area contributed by atoms with Gasteiger partial charge in [0.1, 0.15) is 5.75 Å². The highest BCUT2D eigenvalue weighted by Crippen LogP contribution is 2.19. The van der Waals surface area contributed by atoms with Gasteiger partial charge in [-0.25, -0.2) is 14.8 Å². The van der Waals surface area contributed by atoms with Crippen molar-refractivity contribution in [2.75, 3.05) is 0 Å². The molecule has 0 spiro atoms. The Morgan fingerprint density at radius 1 is 1.12 bits per heavy atom. The quantitative estimate of drug-likeness (QED) is 0.875. The van der Waals surface area contributed by atoms with Gasteiger partial charge in [0.05, 0.1) is 12.4 Å². The van der Waals surface area contributed by atoms with E-state index in [-0.39, 0.29) is 5.82 Å². The van der Waals surface area contributed by atoms with Gasteiger partial charge in [-0.3, -0.25) is 0 Å². The molecule has 0 unspecified atom stereocenters. The number of aromatic carboxylic acids is 1. The predicted octanol–water partition coefficient (Wildman–Crippen LogP) is 2.28. The topological polar surface area (TPSA) is 72.3 Å². The number of hydrogen-bond donors (Lipinski definition) is 1. The van der Waals surface area contributed by atoms with E-state index in [9.17, 15) is 4.79 Å². The van der Waals surface area contributed by atoms with E-state index in [1.54, 1.807) is 0 Å². The zero-order valence-corrected chi connectivity index (χ0v) is 9.12. The van der Waals surface area contributed by atoms with Crippen LogP contribution in [0.25, 0.3) is 0 Å². The monoisotopic (exact) mass is 230 g/mol. The molecular weight excluding hydrogens is 220 g/mol. The van der Waals surface area contributed by atoms with Gasteiger partial charge >= 0.3 is 5.97 Å². The van der Waals surface area contributed by atoms with Gasteiger partial charge in [-0.05, 0) is 19.1 Å². The van der Waals surface area contributed by atoms with Crippen molar-refractivity contribution in [1.29, 1.82) is 0 Å². The average Bonchev–Trinajstić information content (AvgIpc) is 2.33. The molecule has 0 saturated carbocycles. The Balaban J connectivity index is 2.13. The van der Waals surface area contributed by atoms with Crippen LogP contribution in [0.1, 0.15) is 16.2 Å². The fraction of sp³-hybridized carbons (Fsp3) is 0.0833. The molecule has 1 heterocycles. The standard InChI is InChI=1S/C12H10N2O3/c1-8-2-4-9(5-3-8)17-10-6-13-11(12(15)16)14-7-10/h2-7H,1H3,(H,15,16). The van der Waals surface area contributed by atoms with Crippen LogP contribution in [-0.2, 0) is 0 Å². The summed E-state index contributed by atoms with van der Waals surface area (Å²) in [5.74, 6) is -0.353. The maximum atomic E-state index is 10.5. The van der Waals surface area contributed by atoms with Crippen LogP contribution >= 0.6 is 0 Å². The largest absolute Gasteiger partial charge is 0.475 e. The second-order valence-corrected chi connectivity index (χ2v) is 3.46. The minimum atomic E-state index is -1.16. The van der Waals surface area contributed by atoms with E-state index in [0.29, 0.717) is 11.5 Å². The smallest absolute Gasteiger partial charge is 0.373 e. The van der Waals surface area contributed by atoms with Crippen LogP contribution in [0.5, 0.6) is 11.5 Å². The highest BCUT2D eigenvalue weighted by Gasteiger charge is 2.06. The molecule has 17 heavy (non-hydrogen) atoms. The normalized spacial score (nSPS) is 9.94. The SMILES string of the molecule is Cc1ccc(Oc2cnc(C(=O)O)nc2)cc1. The van der Waals surface area contributed by atoms with Gasteiger partial charge in [-0.2, -0.15) is 0 Å². The first-order valence-electron chi connectivity index (χ1n) is 4.95. The molecule has 5 heteroatoms. The van der Waals surface area contributed by atoms with Gasteiger partial charge in [0.15, 0.2) is 5.75 Å². The Morgan fingerprint density at radius 2 is 1.71 bits per heavy atom. The van der Waals surface area contributed by atoms with Crippen LogP contribution in [0, 0.1) is 6.92 Å². The Hall–Kier alpha value is -2.43. The molecule has 0 aliphatic rings. The number of benzene rings is 1. The molecule has 86 valence electrons. The molecule has 1 N–H and O–H groups in total.